The van der Waals surface area contributed by atoms with Crippen molar-refractivity contribution >= 4 is 17.8 Å². The molecule has 2 aromatic rings. The molecule has 0 radical (unpaired) electrons. The van der Waals surface area contributed by atoms with Crippen LogP contribution in [0.2, 0.25) is 0 Å². The molecule has 9 nitrogen and oxygen atoms in total. The number of piperazine rings is 1. The zero-order valence-corrected chi connectivity index (χ0v) is 15.4. The van der Waals surface area contributed by atoms with E-state index in [-0.39, 0.29) is 18.1 Å². The van der Waals surface area contributed by atoms with Crippen molar-refractivity contribution in [3.05, 3.63) is 30.5 Å². The number of carbonyl (C=O) groups is 2. The van der Waals surface area contributed by atoms with Gasteiger partial charge < -0.3 is 14.2 Å². The minimum absolute atomic E-state index is 0.134. The number of aromatic nitrogens is 2. The molecule has 0 aromatic carbocycles. The molecule has 0 bridgehead atoms. The van der Waals surface area contributed by atoms with Crippen LogP contribution in [0.25, 0.3) is 11.5 Å². The lowest BCUT2D eigenvalue weighted by Crippen LogP contribution is -2.62. The SMILES string of the molecule is CN1C(=O)CC(N2CCN(c3ccc(-c4ccco4)nn3)CC2)N(C)C1=O. The van der Waals surface area contributed by atoms with Gasteiger partial charge in [0.25, 0.3) is 0 Å². The Labute approximate surface area is 157 Å². The van der Waals surface area contributed by atoms with E-state index in [1.54, 1.807) is 18.2 Å². The van der Waals surface area contributed by atoms with Crippen LogP contribution in [0.3, 0.4) is 0 Å². The van der Waals surface area contributed by atoms with E-state index in [2.05, 4.69) is 20.0 Å². The average molecular weight is 370 g/mol. The summed E-state index contributed by atoms with van der Waals surface area (Å²) < 4.78 is 5.34. The van der Waals surface area contributed by atoms with Gasteiger partial charge in [-0.05, 0) is 24.3 Å². The quantitative estimate of drug-likeness (QED) is 0.800. The van der Waals surface area contributed by atoms with Crippen molar-refractivity contribution in [2.45, 2.75) is 12.6 Å². The van der Waals surface area contributed by atoms with E-state index in [9.17, 15) is 9.59 Å². The molecule has 1 atom stereocenters. The van der Waals surface area contributed by atoms with E-state index >= 15 is 0 Å². The number of carbonyl (C=O) groups excluding carboxylic acids is 2. The first-order chi connectivity index (χ1) is 13.0. The summed E-state index contributed by atoms with van der Waals surface area (Å²) in [5.41, 5.74) is 0.701. The smallest absolute Gasteiger partial charge is 0.327 e. The van der Waals surface area contributed by atoms with E-state index in [1.165, 1.54) is 11.9 Å². The molecule has 0 aliphatic carbocycles. The second-order valence-corrected chi connectivity index (χ2v) is 6.81. The number of furan rings is 1. The predicted octanol–water partition coefficient (Wildman–Crippen LogP) is 1.10. The molecule has 0 saturated carbocycles. The maximum Gasteiger partial charge on any atom is 0.327 e. The standard InChI is InChI=1S/C18H22N6O3/c1-21-16(12-17(25)22(2)18(21)26)24-9-7-23(8-10-24)15-6-5-13(19-20-15)14-4-3-11-27-14/h3-6,11,16H,7-10,12H2,1-2H3. The summed E-state index contributed by atoms with van der Waals surface area (Å²) in [5.74, 6) is 1.37. The maximum absolute atomic E-state index is 12.2. The Morgan fingerprint density at radius 1 is 1.04 bits per heavy atom. The van der Waals surface area contributed by atoms with Gasteiger partial charge in [0.15, 0.2) is 11.6 Å². The van der Waals surface area contributed by atoms with E-state index in [4.69, 9.17) is 4.42 Å². The largest absolute Gasteiger partial charge is 0.463 e. The second kappa shape index (κ2) is 6.99. The van der Waals surface area contributed by atoms with Gasteiger partial charge in [-0.1, -0.05) is 0 Å². The van der Waals surface area contributed by atoms with Crippen LogP contribution >= 0.6 is 0 Å². The normalized spacial score (nSPS) is 21.9. The maximum atomic E-state index is 12.2. The molecule has 9 heteroatoms. The van der Waals surface area contributed by atoms with Crippen molar-refractivity contribution in [3.63, 3.8) is 0 Å². The highest BCUT2D eigenvalue weighted by Crippen LogP contribution is 2.22. The number of anilines is 1. The third-order valence-corrected chi connectivity index (χ3v) is 5.25. The van der Waals surface area contributed by atoms with Gasteiger partial charge in [0, 0.05) is 40.3 Å². The third kappa shape index (κ3) is 3.25. The molecule has 2 fully saturated rings. The van der Waals surface area contributed by atoms with Crippen molar-refractivity contribution < 1.29 is 14.0 Å². The number of nitrogens with zero attached hydrogens (tertiary/aromatic N) is 6. The molecule has 4 rings (SSSR count). The molecule has 2 aliphatic rings. The van der Waals surface area contributed by atoms with E-state index < -0.39 is 0 Å². The highest BCUT2D eigenvalue weighted by molar-refractivity contribution is 5.96. The lowest BCUT2D eigenvalue weighted by molar-refractivity contribution is -0.134. The summed E-state index contributed by atoms with van der Waals surface area (Å²) in [6, 6.07) is 7.26. The zero-order chi connectivity index (χ0) is 19.0. The minimum Gasteiger partial charge on any atom is -0.463 e. The molecule has 2 aromatic heterocycles. The first kappa shape index (κ1) is 17.5. The third-order valence-electron chi connectivity index (χ3n) is 5.25. The van der Waals surface area contributed by atoms with Crippen LogP contribution in [0, 0.1) is 0 Å². The second-order valence-electron chi connectivity index (χ2n) is 6.81. The summed E-state index contributed by atoms with van der Waals surface area (Å²) in [7, 11) is 3.28. The minimum atomic E-state index is -0.252. The molecule has 2 saturated heterocycles. The Morgan fingerprint density at radius 2 is 1.81 bits per heavy atom. The van der Waals surface area contributed by atoms with Gasteiger partial charge in [0.1, 0.15) is 5.69 Å². The lowest BCUT2D eigenvalue weighted by atomic mass is 10.1. The van der Waals surface area contributed by atoms with E-state index in [1.807, 2.05) is 24.3 Å². The lowest BCUT2D eigenvalue weighted by Gasteiger charge is -2.45. The summed E-state index contributed by atoms with van der Waals surface area (Å²) in [6.07, 6.45) is 1.76. The average Bonchev–Trinajstić information content (AvgIpc) is 3.24. The van der Waals surface area contributed by atoms with Crippen LogP contribution in [0.15, 0.2) is 34.9 Å². The predicted molar refractivity (Wildman–Crippen MR) is 97.9 cm³/mol. The highest BCUT2D eigenvalue weighted by Gasteiger charge is 2.38. The van der Waals surface area contributed by atoms with Crippen molar-refractivity contribution in [1.29, 1.82) is 0 Å². The van der Waals surface area contributed by atoms with Crippen molar-refractivity contribution in [2.24, 2.45) is 0 Å². The molecular weight excluding hydrogens is 348 g/mol. The van der Waals surface area contributed by atoms with Crippen molar-refractivity contribution in [3.8, 4) is 11.5 Å². The Morgan fingerprint density at radius 3 is 2.44 bits per heavy atom. The molecular formula is C18H22N6O3. The van der Waals surface area contributed by atoms with Crippen LogP contribution in [0.4, 0.5) is 10.6 Å². The van der Waals surface area contributed by atoms with Gasteiger partial charge in [0.05, 0.1) is 18.8 Å². The first-order valence-corrected chi connectivity index (χ1v) is 8.94. The summed E-state index contributed by atoms with van der Waals surface area (Å²) in [5, 5.41) is 8.56. The van der Waals surface area contributed by atoms with E-state index in [0.29, 0.717) is 17.9 Å². The van der Waals surface area contributed by atoms with Crippen LogP contribution in [0.5, 0.6) is 0 Å². The summed E-state index contributed by atoms with van der Waals surface area (Å²) in [4.78, 5) is 31.4. The number of hydrogen-bond acceptors (Lipinski definition) is 7. The van der Waals surface area contributed by atoms with Gasteiger partial charge in [-0.3, -0.25) is 14.6 Å². The Hall–Kier alpha value is -2.94. The summed E-state index contributed by atoms with van der Waals surface area (Å²) >= 11 is 0. The number of rotatable bonds is 3. The molecule has 4 heterocycles. The first-order valence-electron chi connectivity index (χ1n) is 8.94. The molecule has 27 heavy (non-hydrogen) atoms. The topological polar surface area (TPSA) is 86.0 Å². The number of amides is 3. The number of urea groups is 1. The Bertz CT molecular complexity index is 814. The fraction of sp³-hybridized carbons (Fsp3) is 0.444. The van der Waals surface area contributed by atoms with Crippen LogP contribution in [-0.4, -0.2) is 83.3 Å². The van der Waals surface area contributed by atoms with Crippen LogP contribution in [0.1, 0.15) is 6.42 Å². The Kier molecular flexibility index (Phi) is 4.53. The van der Waals surface area contributed by atoms with Gasteiger partial charge in [-0.2, -0.15) is 0 Å². The van der Waals surface area contributed by atoms with Gasteiger partial charge in [0.2, 0.25) is 5.91 Å². The zero-order valence-electron chi connectivity index (χ0n) is 15.4. The van der Waals surface area contributed by atoms with Gasteiger partial charge in [-0.15, -0.1) is 10.2 Å². The van der Waals surface area contributed by atoms with Crippen LogP contribution in [-0.2, 0) is 4.79 Å². The Balaban J connectivity index is 1.39. The van der Waals surface area contributed by atoms with Crippen molar-refractivity contribution in [1.82, 2.24) is 24.9 Å². The fourth-order valence-corrected chi connectivity index (χ4v) is 3.57. The van der Waals surface area contributed by atoms with Gasteiger partial charge in [-0.25, -0.2) is 4.79 Å². The fourth-order valence-electron chi connectivity index (χ4n) is 3.57. The number of hydrogen-bond donors (Lipinski definition) is 0. The molecule has 142 valence electrons. The molecule has 1 unspecified atom stereocenters. The van der Waals surface area contributed by atoms with Crippen LogP contribution < -0.4 is 4.90 Å². The highest BCUT2D eigenvalue weighted by atomic mass is 16.3. The van der Waals surface area contributed by atoms with Gasteiger partial charge >= 0.3 is 6.03 Å². The number of imide groups is 1. The van der Waals surface area contributed by atoms with E-state index in [0.717, 1.165) is 32.0 Å². The molecule has 0 N–H and O–H groups in total. The molecule has 3 amide bonds. The molecule has 0 spiro atoms. The monoisotopic (exact) mass is 370 g/mol. The van der Waals surface area contributed by atoms with Crippen molar-refractivity contribution in [2.75, 3.05) is 45.2 Å². The molecule has 2 aliphatic heterocycles. The summed E-state index contributed by atoms with van der Waals surface area (Å²) in [6.45, 7) is 3.02.